The van der Waals surface area contributed by atoms with E-state index in [0.29, 0.717) is 18.5 Å². The number of thioether (sulfide) groups is 2. The highest BCUT2D eigenvalue weighted by Crippen LogP contribution is 2.48. The van der Waals surface area contributed by atoms with Crippen LogP contribution >= 0.6 is 23.5 Å². The average Bonchev–Trinajstić information content (AvgIpc) is 3.20. The monoisotopic (exact) mass is 771 g/mol. The van der Waals surface area contributed by atoms with Gasteiger partial charge >= 0.3 is 12.1 Å². The molecule has 0 bridgehead atoms. The van der Waals surface area contributed by atoms with E-state index in [1.165, 1.54) is 23.5 Å². The lowest BCUT2D eigenvalue weighted by Crippen LogP contribution is -2.56. The Kier molecular flexibility index (Phi) is 17.4. The number of carbonyl (C=O) groups excluding carboxylic acids is 4. The summed E-state index contributed by atoms with van der Waals surface area (Å²) in [6, 6.07) is 36.9. The van der Waals surface area contributed by atoms with Gasteiger partial charge in [-0.05, 0) is 35.1 Å². The molecule has 0 aliphatic heterocycles. The van der Waals surface area contributed by atoms with Crippen LogP contribution in [0.15, 0.2) is 121 Å². The Labute approximate surface area is 326 Å². The smallest absolute Gasteiger partial charge is 0.408 e. The molecule has 0 saturated carbocycles. The highest BCUT2D eigenvalue weighted by Gasteiger charge is 2.39. The van der Waals surface area contributed by atoms with Gasteiger partial charge in [-0.2, -0.15) is 0 Å². The van der Waals surface area contributed by atoms with Crippen LogP contribution in [-0.4, -0.2) is 73.2 Å². The predicted molar refractivity (Wildman–Crippen MR) is 215 cm³/mol. The molecule has 0 radical (unpaired) electrons. The fourth-order valence-electron chi connectivity index (χ4n) is 5.53. The first-order valence-electron chi connectivity index (χ1n) is 17.9. The number of ether oxygens (including phenoxy) is 3. The highest BCUT2D eigenvalue weighted by atomic mass is 32.2. The van der Waals surface area contributed by atoms with Crippen LogP contribution in [0.2, 0.25) is 0 Å². The van der Waals surface area contributed by atoms with Crippen molar-refractivity contribution in [1.82, 2.24) is 16.0 Å². The first-order valence-corrected chi connectivity index (χ1v) is 20.0. The van der Waals surface area contributed by atoms with Gasteiger partial charge in [0.05, 0.1) is 17.3 Å². The standard InChI is InChI=1S/C42H49N3O7S2/c1-4-51-38(46)25-43-39(47)37(29-54-42(33-19-11-6-12-20-33,34-21-13-7-14-22-34)35-23-15-8-16-24-35)44-40(48)36(28-53-30-50-26-31(2)3)45-41(49)52-27-32-17-9-5-10-18-32/h5-24,31,36-37H,4,25-30H2,1-3H3,(H,43,47)(H,44,48)(H,45,49)/t36-,37-/m0/s1. The quantitative estimate of drug-likeness (QED) is 0.0375. The fraction of sp³-hybridized carbons (Fsp3) is 0.333. The van der Waals surface area contributed by atoms with Crippen molar-refractivity contribution < 1.29 is 33.4 Å². The number of hydrogen-bond acceptors (Lipinski definition) is 9. The zero-order valence-corrected chi connectivity index (χ0v) is 32.5. The molecular weight excluding hydrogens is 723 g/mol. The molecule has 4 aromatic rings. The van der Waals surface area contributed by atoms with E-state index in [2.05, 4.69) is 16.0 Å². The third-order valence-electron chi connectivity index (χ3n) is 8.08. The molecule has 12 heteroatoms. The molecule has 2 atom stereocenters. The minimum absolute atomic E-state index is 0.0156. The van der Waals surface area contributed by atoms with Crippen LogP contribution in [0.4, 0.5) is 4.79 Å². The van der Waals surface area contributed by atoms with E-state index in [9.17, 15) is 19.2 Å². The number of rotatable bonds is 21. The summed E-state index contributed by atoms with van der Waals surface area (Å²) in [5.74, 6) is -0.900. The van der Waals surface area contributed by atoms with Gasteiger partial charge < -0.3 is 30.2 Å². The number of carbonyl (C=O) groups is 4. The zero-order chi connectivity index (χ0) is 38.6. The van der Waals surface area contributed by atoms with Gasteiger partial charge in [-0.15, -0.1) is 23.5 Å². The van der Waals surface area contributed by atoms with E-state index >= 15 is 0 Å². The van der Waals surface area contributed by atoms with Crippen LogP contribution in [0.5, 0.6) is 0 Å². The molecule has 0 heterocycles. The second-order valence-electron chi connectivity index (χ2n) is 12.7. The van der Waals surface area contributed by atoms with E-state index < -0.39 is 40.7 Å². The Hall–Kier alpha value is -4.78. The summed E-state index contributed by atoms with van der Waals surface area (Å²) in [6.45, 7) is 6.10. The average molecular weight is 772 g/mol. The van der Waals surface area contributed by atoms with Crippen molar-refractivity contribution in [3.63, 3.8) is 0 Å². The first-order chi connectivity index (χ1) is 26.2. The molecule has 0 saturated heterocycles. The lowest BCUT2D eigenvalue weighted by Gasteiger charge is -2.36. The molecular formula is C42H49N3O7S2. The van der Waals surface area contributed by atoms with Crippen LogP contribution in [-0.2, 0) is 39.9 Å². The van der Waals surface area contributed by atoms with E-state index in [-0.39, 0.29) is 31.3 Å². The summed E-state index contributed by atoms with van der Waals surface area (Å²) in [7, 11) is 0. The summed E-state index contributed by atoms with van der Waals surface area (Å²) in [5.41, 5.74) is 3.72. The maximum absolute atomic E-state index is 14.1. The molecule has 10 nitrogen and oxygen atoms in total. The summed E-state index contributed by atoms with van der Waals surface area (Å²) in [6.07, 6.45) is -0.781. The normalized spacial score (nSPS) is 12.3. The largest absolute Gasteiger partial charge is 0.465 e. The van der Waals surface area contributed by atoms with Crippen molar-refractivity contribution in [2.75, 3.05) is 37.2 Å². The van der Waals surface area contributed by atoms with E-state index in [1.807, 2.05) is 135 Å². The number of benzene rings is 4. The number of nitrogens with one attached hydrogen (secondary N) is 3. The van der Waals surface area contributed by atoms with Gasteiger partial charge in [-0.1, -0.05) is 135 Å². The summed E-state index contributed by atoms with van der Waals surface area (Å²) >= 11 is 2.81. The Morgan fingerprint density at radius 2 is 1.19 bits per heavy atom. The molecule has 3 amide bonds. The predicted octanol–water partition coefficient (Wildman–Crippen LogP) is 6.53. The van der Waals surface area contributed by atoms with Crippen molar-refractivity contribution >= 4 is 47.4 Å². The lowest BCUT2D eigenvalue weighted by molar-refractivity contribution is -0.143. The van der Waals surface area contributed by atoms with E-state index in [0.717, 1.165) is 22.3 Å². The Morgan fingerprint density at radius 3 is 1.70 bits per heavy atom. The van der Waals surface area contributed by atoms with Crippen molar-refractivity contribution in [3.05, 3.63) is 144 Å². The molecule has 286 valence electrons. The minimum atomic E-state index is -1.13. The molecule has 0 spiro atoms. The summed E-state index contributed by atoms with van der Waals surface area (Å²) < 4.78 is 15.4. The van der Waals surface area contributed by atoms with Gasteiger partial charge in [0.25, 0.3) is 0 Å². The van der Waals surface area contributed by atoms with Gasteiger partial charge in [-0.3, -0.25) is 14.4 Å². The van der Waals surface area contributed by atoms with Gasteiger partial charge in [0.1, 0.15) is 25.2 Å². The second kappa shape index (κ2) is 22.4. The van der Waals surface area contributed by atoms with Gasteiger partial charge in [0, 0.05) is 18.1 Å². The molecule has 0 fully saturated rings. The molecule has 0 aromatic heterocycles. The number of amides is 3. The molecule has 0 aliphatic carbocycles. The summed E-state index contributed by atoms with van der Waals surface area (Å²) in [4.78, 5) is 53.3. The van der Waals surface area contributed by atoms with E-state index in [1.54, 1.807) is 6.92 Å². The molecule has 0 unspecified atom stereocenters. The number of esters is 1. The molecule has 54 heavy (non-hydrogen) atoms. The van der Waals surface area contributed by atoms with Crippen LogP contribution in [0.1, 0.15) is 43.0 Å². The minimum Gasteiger partial charge on any atom is -0.465 e. The zero-order valence-electron chi connectivity index (χ0n) is 30.9. The summed E-state index contributed by atoms with van der Waals surface area (Å²) in [5, 5.41) is 8.21. The highest BCUT2D eigenvalue weighted by molar-refractivity contribution is 8.00. The van der Waals surface area contributed by atoms with Gasteiger partial charge in [-0.25, -0.2) is 4.79 Å². The van der Waals surface area contributed by atoms with Crippen molar-refractivity contribution in [1.29, 1.82) is 0 Å². The fourth-order valence-corrected chi connectivity index (χ4v) is 7.87. The lowest BCUT2D eigenvalue weighted by atomic mass is 9.84. The number of alkyl carbamates (subject to hydrolysis) is 1. The molecule has 3 N–H and O–H groups in total. The Balaban J connectivity index is 1.63. The maximum Gasteiger partial charge on any atom is 0.408 e. The molecule has 0 aliphatic rings. The van der Waals surface area contributed by atoms with Crippen LogP contribution in [0.3, 0.4) is 0 Å². The van der Waals surface area contributed by atoms with Crippen molar-refractivity contribution in [3.8, 4) is 0 Å². The second-order valence-corrected chi connectivity index (χ2v) is 14.9. The maximum atomic E-state index is 14.1. The third-order valence-corrected chi connectivity index (χ3v) is 10.6. The molecule has 4 rings (SSSR count). The van der Waals surface area contributed by atoms with Gasteiger partial charge in [0.15, 0.2) is 0 Å². The van der Waals surface area contributed by atoms with E-state index in [4.69, 9.17) is 14.2 Å². The van der Waals surface area contributed by atoms with Gasteiger partial charge in [0.2, 0.25) is 11.8 Å². The molecule has 4 aromatic carbocycles. The van der Waals surface area contributed by atoms with Crippen molar-refractivity contribution in [2.45, 2.75) is 44.2 Å². The SMILES string of the molecule is CCOC(=O)CNC(=O)[C@H](CSC(c1ccccc1)(c1ccccc1)c1ccccc1)NC(=O)[C@H](CSCOCC(C)C)NC(=O)OCc1ccccc1. The Bertz CT molecular complexity index is 1640. The third kappa shape index (κ3) is 13.0. The topological polar surface area (TPSA) is 132 Å². The van der Waals surface area contributed by atoms with Crippen LogP contribution in [0, 0.1) is 5.92 Å². The Morgan fingerprint density at radius 1 is 0.667 bits per heavy atom. The number of hydrogen-bond donors (Lipinski definition) is 3. The first kappa shape index (κ1) is 42.0. The van der Waals surface area contributed by atoms with Crippen LogP contribution in [0.25, 0.3) is 0 Å². The van der Waals surface area contributed by atoms with Crippen molar-refractivity contribution in [2.24, 2.45) is 5.92 Å². The van der Waals surface area contributed by atoms with Crippen LogP contribution < -0.4 is 16.0 Å².